The van der Waals surface area contributed by atoms with E-state index in [1.807, 2.05) is 42.5 Å². The Labute approximate surface area is 164 Å². The summed E-state index contributed by atoms with van der Waals surface area (Å²) in [4.78, 5) is 22.5. The first-order valence-electron chi connectivity index (χ1n) is 8.78. The van der Waals surface area contributed by atoms with Gasteiger partial charge in [0.05, 0.1) is 0 Å². The number of carbonyl (C=O) groups excluding carboxylic acids is 2. The second kappa shape index (κ2) is 9.07. The largest absolute Gasteiger partial charge is 0.310 e. The minimum atomic E-state index is -3.06. The van der Waals surface area contributed by atoms with Gasteiger partial charge in [-0.2, -0.15) is 0 Å². The van der Waals surface area contributed by atoms with Gasteiger partial charge in [-0.1, -0.05) is 91.0 Å². The second-order valence-corrected chi connectivity index (χ2v) is 8.70. The highest BCUT2D eigenvalue weighted by atomic mass is 31.2. The third kappa shape index (κ3) is 4.51. The molecule has 3 rings (SSSR count). The SMILES string of the molecule is O=Cc1ccccc1/C=C/P(=O)(/C=C/c1ccccc1C=O)c1ccccc1. The van der Waals surface area contributed by atoms with Crippen molar-refractivity contribution in [3.05, 3.63) is 113 Å². The lowest BCUT2D eigenvalue weighted by Crippen LogP contribution is -2.00. The van der Waals surface area contributed by atoms with Crippen LogP contribution >= 0.6 is 7.14 Å². The van der Waals surface area contributed by atoms with Gasteiger partial charge in [-0.25, -0.2) is 0 Å². The van der Waals surface area contributed by atoms with Gasteiger partial charge in [0, 0.05) is 16.4 Å². The molecule has 0 heterocycles. The van der Waals surface area contributed by atoms with Crippen LogP contribution in [0.5, 0.6) is 0 Å². The summed E-state index contributed by atoms with van der Waals surface area (Å²) >= 11 is 0. The van der Waals surface area contributed by atoms with E-state index in [2.05, 4.69) is 0 Å². The molecule has 0 aliphatic carbocycles. The second-order valence-electron chi connectivity index (χ2n) is 6.17. The highest BCUT2D eigenvalue weighted by molar-refractivity contribution is 7.77. The summed E-state index contributed by atoms with van der Waals surface area (Å²) < 4.78 is 13.8. The van der Waals surface area contributed by atoms with Crippen LogP contribution in [0.1, 0.15) is 31.8 Å². The van der Waals surface area contributed by atoms with E-state index in [1.54, 1.807) is 60.2 Å². The van der Waals surface area contributed by atoms with Crippen LogP contribution in [0.25, 0.3) is 12.2 Å². The van der Waals surface area contributed by atoms with Crippen LogP contribution in [0, 0.1) is 0 Å². The van der Waals surface area contributed by atoms with Crippen molar-refractivity contribution in [3.8, 4) is 0 Å². The lowest BCUT2D eigenvalue weighted by molar-refractivity contribution is 0.111. The first-order chi connectivity index (χ1) is 13.7. The van der Waals surface area contributed by atoms with Gasteiger partial charge in [0.15, 0.2) is 19.7 Å². The average molecular weight is 386 g/mol. The third-order valence-electron chi connectivity index (χ3n) is 4.36. The molecule has 0 saturated carbocycles. The molecule has 0 radical (unpaired) electrons. The van der Waals surface area contributed by atoms with E-state index < -0.39 is 7.14 Å². The highest BCUT2D eigenvalue weighted by Gasteiger charge is 2.18. The molecule has 0 aliphatic heterocycles. The Bertz CT molecular complexity index is 1020. The molecule has 0 unspecified atom stereocenters. The van der Waals surface area contributed by atoms with Gasteiger partial charge >= 0.3 is 0 Å². The average Bonchev–Trinajstić information content (AvgIpc) is 2.77. The number of benzene rings is 3. The molecule has 0 aromatic heterocycles. The van der Waals surface area contributed by atoms with Crippen LogP contribution in [0.2, 0.25) is 0 Å². The van der Waals surface area contributed by atoms with E-state index in [9.17, 15) is 14.2 Å². The van der Waals surface area contributed by atoms with Crippen molar-refractivity contribution in [1.29, 1.82) is 0 Å². The van der Waals surface area contributed by atoms with E-state index in [1.165, 1.54) is 0 Å². The van der Waals surface area contributed by atoms with E-state index in [0.717, 1.165) is 12.6 Å². The molecule has 0 fully saturated rings. The summed E-state index contributed by atoms with van der Waals surface area (Å²) in [6, 6.07) is 23.4. The normalized spacial score (nSPS) is 11.7. The Hall–Kier alpha value is -3.29. The van der Waals surface area contributed by atoms with Gasteiger partial charge in [0.1, 0.15) is 0 Å². The molecular formula is C24H19O3P. The van der Waals surface area contributed by atoms with Crippen LogP contribution < -0.4 is 5.30 Å². The maximum absolute atomic E-state index is 13.8. The van der Waals surface area contributed by atoms with Crippen LogP contribution in [0.3, 0.4) is 0 Å². The quantitative estimate of drug-likeness (QED) is 0.390. The van der Waals surface area contributed by atoms with Gasteiger partial charge < -0.3 is 4.57 Å². The summed E-state index contributed by atoms with van der Waals surface area (Å²) in [5, 5.41) is 0.676. The van der Waals surface area contributed by atoms with Gasteiger partial charge in [-0.15, -0.1) is 0 Å². The molecule has 0 saturated heterocycles. The van der Waals surface area contributed by atoms with Crippen molar-refractivity contribution in [3.63, 3.8) is 0 Å². The monoisotopic (exact) mass is 386 g/mol. The molecule has 4 heteroatoms. The van der Waals surface area contributed by atoms with Crippen molar-refractivity contribution in [2.45, 2.75) is 0 Å². The zero-order valence-electron chi connectivity index (χ0n) is 15.1. The summed E-state index contributed by atoms with van der Waals surface area (Å²) in [7, 11) is -3.06. The fourth-order valence-corrected chi connectivity index (χ4v) is 4.65. The van der Waals surface area contributed by atoms with Crippen molar-refractivity contribution >= 4 is 37.2 Å². The van der Waals surface area contributed by atoms with E-state index in [0.29, 0.717) is 27.6 Å². The predicted octanol–water partition coefficient (Wildman–Crippen LogP) is 5.64. The summed E-state index contributed by atoms with van der Waals surface area (Å²) in [5.41, 5.74) is 2.48. The standard InChI is InChI=1S/C24H19O3P/c25-18-22-10-6-4-8-20(22)14-16-28(27,24-12-2-1-3-13-24)17-15-21-9-5-7-11-23(21)19-26/h1-19H/b16-14+,17-15+. The van der Waals surface area contributed by atoms with Gasteiger partial charge in [0.2, 0.25) is 0 Å². The molecular weight excluding hydrogens is 367 g/mol. The summed E-state index contributed by atoms with van der Waals surface area (Å²) in [6.07, 6.45) is 4.99. The molecule has 0 bridgehead atoms. The van der Waals surface area contributed by atoms with Crippen molar-refractivity contribution < 1.29 is 14.2 Å². The van der Waals surface area contributed by atoms with Gasteiger partial charge in [-0.3, -0.25) is 9.59 Å². The molecule has 0 atom stereocenters. The molecule has 138 valence electrons. The topological polar surface area (TPSA) is 51.2 Å². The Kier molecular flexibility index (Phi) is 6.31. The fourth-order valence-electron chi connectivity index (χ4n) is 2.80. The Morgan fingerprint density at radius 3 is 1.36 bits per heavy atom. The third-order valence-corrected chi connectivity index (χ3v) is 6.65. The first-order valence-corrected chi connectivity index (χ1v) is 10.6. The van der Waals surface area contributed by atoms with E-state index in [4.69, 9.17) is 0 Å². The molecule has 0 amide bonds. The maximum Gasteiger partial charge on any atom is 0.157 e. The van der Waals surface area contributed by atoms with Crippen molar-refractivity contribution in [2.75, 3.05) is 0 Å². The van der Waals surface area contributed by atoms with Gasteiger partial charge in [-0.05, 0) is 22.8 Å². The van der Waals surface area contributed by atoms with Crippen LogP contribution in [-0.2, 0) is 4.57 Å². The summed E-state index contributed by atoms with van der Waals surface area (Å²) in [5.74, 6) is 3.29. The zero-order valence-corrected chi connectivity index (χ0v) is 16.0. The Balaban J connectivity index is 2.05. The molecule has 3 aromatic carbocycles. The van der Waals surface area contributed by atoms with Crippen LogP contribution in [0.4, 0.5) is 0 Å². The minimum Gasteiger partial charge on any atom is -0.310 e. The first kappa shape index (κ1) is 19.5. The van der Waals surface area contributed by atoms with Crippen molar-refractivity contribution in [1.82, 2.24) is 0 Å². The lowest BCUT2D eigenvalue weighted by atomic mass is 10.1. The maximum atomic E-state index is 13.8. The molecule has 0 N–H and O–H groups in total. The number of rotatable bonds is 7. The molecule has 3 aromatic rings. The molecule has 28 heavy (non-hydrogen) atoms. The van der Waals surface area contributed by atoms with Crippen molar-refractivity contribution in [2.24, 2.45) is 0 Å². The fraction of sp³-hybridized carbons (Fsp3) is 0. The Morgan fingerprint density at radius 2 is 0.929 bits per heavy atom. The van der Waals surface area contributed by atoms with Gasteiger partial charge in [0.25, 0.3) is 0 Å². The predicted molar refractivity (Wildman–Crippen MR) is 115 cm³/mol. The smallest absolute Gasteiger partial charge is 0.157 e. The molecule has 3 nitrogen and oxygen atoms in total. The number of hydrogen-bond donors (Lipinski definition) is 0. The van der Waals surface area contributed by atoms with E-state index in [-0.39, 0.29) is 0 Å². The number of aldehydes is 2. The number of carbonyl (C=O) groups is 2. The lowest BCUT2D eigenvalue weighted by Gasteiger charge is -2.11. The highest BCUT2D eigenvalue weighted by Crippen LogP contribution is 2.49. The minimum absolute atomic E-state index is 0.536. The summed E-state index contributed by atoms with van der Waals surface area (Å²) in [6.45, 7) is 0. The van der Waals surface area contributed by atoms with Crippen LogP contribution in [0.15, 0.2) is 90.5 Å². The van der Waals surface area contributed by atoms with Crippen LogP contribution in [-0.4, -0.2) is 12.6 Å². The van der Waals surface area contributed by atoms with E-state index >= 15 is 0 Å². The Morgan fingerprint density at radius 1 is 0.536 bits per heavy atom. The molecule has 0 spiro atoms. The molecule has 0 aliphatic rings. The zero-order chi connectivity index (χ0) is 19.8. The number of hydrogen-bond acceptors (Lipinski definition) is 3.